The molecule has 0 aromatic rings. The maximum Gasteiger partial charge on any atom is 0.239 e. The molecule has 0 aromatic heterocycles. The average Bonchev–Trinajstić information content (AvgIpc) is 2.38. The Balaban J connectivity index is 2.50. The lowest BCUT2D eigenvalue weighted by Gasteiger charge is -2.34. The molecule has 0 aliphatic carbocycles. The van der Waals surface area contributed by atoms with Crippen LogP contribution < -0.4 is 5.32 Å². The van der Waals surface area contributed by atoms with Crippen LogP contribution in [0.3, 0.4) is 0 Å². The summed E-state index contributed by atoms with van der Waals surface area (Å²) in [6.45, 7) is 7.68. The highest BCUT2D eigenvalue weighted by molar-refractivity contribution is 5.81. The topological polar surface area (TPSA) is 52.6 Å². The Kier molecular flexibility index (Phi) is 5.40. The van der Waals surface area contributed by atoms with Crippen molar-refractivity contribution in [3.8, 4) is 0 Å². The van der Waals surface area contributed by atoms with Gasteiger partial charge in [-0.15, -0.1) is 0 Å². The van der Waals surface area contributed by atoms with E-state index in [1.54, 1.807) is 0 Å². The molecular weight excluding hydrogens is 216 g/mol. The highest BCUT2D eigenvalue weighted by Gasteiger charge is 2.28. The predicted molar refractivity (Wildman–Crippen MR) is 68.8 cm³/mol. The number of carbonyl (C=O) groups excluding carboxylic acids is 1. The van der Waals surface area contributed by atoms with Crippen LogP contribution in [0.2, 0.25) is 0 Å². The fourth-order valence-corrected chi connectivity index (χ4v) is 2.23. The zero-order valence-electron chi connectivity index (χ0n) is 11.3. The molecular formula is C13H26N2O2. The van der Waals surface area contributed by atoms with Crippen LogP contribution >= 0.6 is 0 Å². The summed E-state index contributed by atoms with van der Waals surface area (Å²) in [4.78, 5) is 14.1. The standard InChI is InChI=1S/C13H26N2O2/c1-4-13(3,10-16)14-11(2)12(17)15-8-6-5-7-9-15/h11,14,16H,4-10H2,1-3H3. The maximum atomic E-state index is 12.2. The Morgan fingerprint density at radius 3 is 2.47 bits per heavy atom. The fraction of sp³-hybridized carbons (Fsp3) is 0.923. The summed E-state index contributed by atoms with van der Waals surface area (Å²) in [5.74, 6) is 0.165. The van der Waals surface area contributed by atoms with Gasteiger partial charge in [0.05, 0.1) is 12.6 Å². The van der Waals surface area contributed by atoms with Crippen molar-refractivity contribution in [3.05, 3.63) is 0 Å². The van der Waals surface area contributed by atoms with Crippen molar-refractivity contribution >= 4 is 5.91 Å². The average molecular weight is 242 g/mol. The molecule has 4 nitrogen and oxygen atoms in total. The number of nitrogens with zero attached hydrogens (tertiary/aromatic N) is 1. The van der Waals surface area contributed by atoms with E-state index in [1.807, 2.05) is 25.7 Å². The molecule has 17 heavy (non-hydrogen) atoms. The number of nitrogens with one attached hydrogen (secondary N) is 1. The Morgan fingerprint density at radius 1 is 1.41 bits per heavy atom. The number of carbonyl (C=O) groups is 1. The summed E-state index contributed by atoms with van der Waals surface area (Å²) in [5.41, 5.74) is -0.356. The molecule has 1 aliphatic heterocycles. The first kappa shape index (κ1) is 14.5. The second kappa shape index (κ2) is 6.36. The van der Waals surface area contributed by atoms with Crippen LogP contribution in [0.4, 0.5) is 0 Å². The highest BCUT2D eigenvalue weighted by Crippen LogP contribution is 2.13. The molecule has 0 saturated carbocycles. The van der Waals surface area contributed by atoms with Crippen LogP contribution in [-0.4, -0.2) is 47.2 Å². The van der Waals surface area contributed by atoms with Crippen molar-refractivity contribution in [2.75, 3.05) is 19.7 Å². The quantitative estimate of drug-likeness (QED) is 0.760. The molecule has 100 valence electrons. The lowest BCUT2D eigenvalue weighted by Crippen LogP contribution is -2.55. The molecule has 0 aromatic carbocycles. The number of hydrogen-bond acceptors (Lipinski definition) is 3. The van der Waals surface area contributed by atoms with E-state index in [0.29, 0.717) is 0 Å². The van der Waals surface area contributed by atoms with E-state index in [4.69, 9.17) is 0 Å². The molecule has 1 saturated heterocycles. The van der Waals surface area contributed by atoms with Crippen molar-refractivity contribution in [2.24, 2.45) is 0 Å². The van der Waals surface area contributed by atoms with Gasteiger partial charge in [-0.3, -0.25) is 10.1 Å². The van der Waals surface area contributed by atoms with Gasteiger partial charge in [0.15, 0.2) is 0 Å². The van der Waals surface area contributed by atoms with E-state index in [0.717, 1.165) is 32.4 Å². The van der Waals surface area contributed by atoms with Crippen LogP contribution in [0.25, 0.3) is 0 Å². The van der Waals surface area contributed by atoms with E-state index in [1.165, 1.54) is 6.42 Å². The van der Waals surface area contributed by atoms with Gasteiger partial charge in [0.25, 0.3) is 0 Å². The van der Waals surface area contributed by atoms with Gasteiger partial charge in [-0.1, -0.05) is 6.92 Å². The zero-order valence-corrected chi connectivity index (χ0v) is 11.3. The molecule has 1 rings (SSSR count). The van der Waals surface area contributed by atoms with E-state index in [9.17, 15) is 9.90 Å². The molecule has 4 heteroatoms. The smallest absolute Gasteiger partial charge is 0.239 e. The highest BCUT2D eigenvalue weighted by atomic mass is 16.3. The van der Waals surface area contributed by atoms with Crippen LogP contribution in [0.15, 0.2) is 0 Å². The number of amides is 1. The molecule has 2 unspecified atom stereocenters. The van der Waals surface area contributed by atoms with E-state index >= 15 is 0 Å². The number of hydrogen-bond donors (Lipinski definition) is 2. The molecule has 0 radical (unpaired) electrons. The Bertz CT molecular complexity index is 246. The maximum absolute atomic E-state index is 12.2. The first-order valence-corrected chi connectivity index (χ1v) is 6.70. The number of aliphatic hydroxyl groups is 1. The molecule has 1 fully saturated rings. The van der Waals surface area contributed by atoms with E-state index in [2.05, 4.69) is 5.32 Å². The molecule has 1 aliphatic rings. The molecule has 2 N–H and O–H groups in total. The second-order valence-electron chi connectivity index (χ2n) is 5.32. The lowest BCUT2D eigenvalue weighted by atomic mass is 9.98. The fourth-order valence-electron chi connectivity index (χ4n) is 2.23. The summed E-state index contributed by atoms with van der Waals surface area (Å²) in [7, 11) is 0. The second-order valence-corrected chi connectivity index (χ2v) is 5.32. The first-order valence-electron chi connectivity index (χ1n) is 6.70. The third-order valence-electron chi connectivity index (χ3n) is 3.73. The Hall–Kier alpha value is -0.610. The van der Waals surface area contributed by atoms with Crippen molar-refractivity contribution in [1.29, 1.82) is 0 Å². The minimum atomic E-state index is -0.356. The summed E-state index contributed by atoms with van der Waals surface area (Å²) >= 11 is 0. The summed E-state index contributed by atoms with van der Waals surface area (Å²) < 4.78 is 0. The van der Waals surface area contributed by atoms with Crippen LogP contribution in [0.1, 0.15) is 46.5 Å². The minimum Gasteiger partial charge on any atom is -0.394 e. The number of piperidine rings is 1. The van der Waals surface area contributed by atoms with Gasteiger partial charge in [0.1, 0.15) is 0 Å². The van der Waals surface area contributed by atoms with Gasteiger partial charge in [0, 0.05) is 18.6 Å². The van der Waals surface area contributed by atoms with Crippen LogP contribution in [0.5, 0.6) is 0 Å². The van der Waals surface area contributed by atoms with Crippen molar-refractivity contribution in [1.82, 2.24) is 10.2 Å². The summed E-state index contributed by atoms with van der Waals surface area (Å²) in [6.07, 6.45) is 4.27. The van der Waals surface area contributed by atoms with E-state index < -0.39 is 0 Å². The number of likely N-dealkylation sites (tertiary alicyclic amines) is 1. The molecule has 0 spiro atoms. The van der Waals surface area contributed by atoms with Gasteiger partial charge in [-0.05, 0) is 39.5 Å². The number of aliphatic hydroxyl groups excluding tert-OH is 1. The first-order chi connectivity index (χ1) is 8.02. The van der Waals surface area contributed by atoms with Gasteiger partial charge in [0.2, 0.25) is 5.91 Å². The normalized spacial score (nSPS) is 22.0. The van der Waals surface area contributed by atoms with Gasteiger partial charge >= 0.3 is 0 Å². The lowest BCUT2D eigenvalue weighted by molar-refractivity contribution is -0.134. The SMILES string of the molecule is CCC(C)(CO)NC(C)C(=O)N1CCCCC1. The largest absolute Gasteiger partial charge is 0.394 e. The van der Waals surface area contributed by atoms with Gasteiger partial charge < -0.3 is 10.0 Å². The molecule has 0 bridgehead atoms. The third-order valence-corrected chi connectivity index (χ3v) is 3.73. The molecule has 1 amide bonds. The zero-order chi connectivity index (χ0) is 12.9. The van der Waals surface area contributed by atoms with Crippen molar-refractivity contribution in [3.63, 3.8) is 0 Å². The van der Waals surface area contributed by atoms with Crippen LogP contribution in [-0.2, 0) is 4.79 Å². The predicted octanol–water partition coefficient (Wildman–Crippen LogP) is 1.14. The van der Waals surface area contributed by atoms with Crippen molar-refractivity contribution in [2.45, 2.75) is 58.0 Å². The Morgan fingerprint density at radius 2 is 2.00 bits per heavy atom. The number of rotatable bonds is 5. The van der Waals surface area contributed by atoms with Crippen molar-refractivity contribution < 1.29 is 9.90 Å². The Labute approximate surface area is 104 Å². The summed E-state index contributed by atoms with van der Waals surface area (Å²) in [6, 6.07) is -0.217. The molecule has 2 atom stereocenters. The monoisotopic (exact) mass is 242 g/mol. The van der Waals surface area contributed by atoms with Gasteiger partial charge in [-0.25, -0.2) is 0 Å². The summed E-state index contributed by atoms with van der Waals surface area (Å²) in [5, 5.41) is 12.6. The van der Waals surface area contributed by atoms with E-state index in [-0.39, 0.29) is 24.1 Å². The van der Waals surface area contributed by atoms with Crippen LogP contribution in [0, 0.1) is 0 Å². The third kappa shape index (κ3) is 3.96. The minimum absolute atomic E-state index is 0.0567. The molecule has 1 heterocycles. The van der Waals surface area contributed by atoms with Gasteiger partial charge in [-0.2, -0.15) is 0 Å².